The molecule has 3 heteroatoms. The summed E-state index contributed by atoms with van der Waals surface area (Å²) in [5, 5.41) is 0. The number of hydrogen-bond donors (Lipinski definition) is 0. The van der Waals surface area contributed by atoms with Crippen molar-refractivity contribution < 1.29 is 4.39 Å². The predicted molar refractivity (Wildman–Crippen MR) is 42.8 cm³/mol. The van der Waals surface area contributed by atoms with Crippen LogP contribution < -0.4 is 0 Å². The van der Waals surface area contributed by atoms with Gasteiger partial charge in [-0.2, -0.15) is 0 Å². The van der Waals surface area contributed by atoms with Crippen molar-refractivity contribution in [1.82, 2.24) is 9.97 Å². The third-order valence-corrected chi connectivity index (χ3v) is 1.04. The highest BCUT2D eigenvalue weighted by atomic mass is 19.1. The summed E-state index contributed by atoms with van der Waals surface area (Å²) in [6, 6.07) is 0. The minimum Gasteiger partial charge on any atom is -0.239 e. The Morgan fingerprint density at radius 1 is 1.27 bits per heavy atom. The summed E-state index contributed by atoms with van der Waals surface area (Å²) >= 11 is 0. The lowest BCUT2D eigenvalue weighted by molar-refractivity contribution is 0.598. The van der Waals surface area contributed by atoms with Crippen molar-refractivity contribution in [2.75, 3.05) is 0 Å². The molecule has 0 saturated heterocycles. The van der Waals surface area contributed by atoms with Crippen LogP contribution >= 0.6 is 0 Å². The van der Waals surface area contributed by atoms with Crippen LogP contribution in [0.4, 0.5) is 4.39 Å². The van der Waals surface area contributed by atoms with Gasteiger partial charge in [-0.05, 0) is 13.8 Å². The molecule has 0 unspecified atom stereocenters. The Morgan fingerprint density at radius 2 is 1.82 bits per heavy atom. The van der Waals surface area contributed by atoms with Gasteiger partial charge in [0, 0.05) is 0 Å². The zero-order chi connectivity index (χ0) is 8.85. The largest absolute Gasteiger partial charge is 0.239 e. The van der Waals surface area contributed by atoms with E-state index in [4.69, 9.17) is 0 Å². The minimum absolute atomic E-state index is 0.347. The van der Waals surface area contributed by atoms with Gasteiger partial charge in [-0.15, -0.1) is 0 Å². The highest BCUT2D eigenvalue weighted by Gasteiger charge is 1.96. The highest BCUT2D eigenvalue weighted by molar-refractivity contribution is 5.01. The van der Waals surface area contributed by atoms with Gasteiger partial charge in [-0.3, -0.25) is 0 Å². The van der Waals surface area contributed by atoms with Crippen molar-refractivity contribution in [3.05, 3.63) is 23.5 Å². The van der Waals surface area contributed by atoms with E-state index in [1.807, 2.05) is 13.8 Å². The molecule has 0 aromatic carbocycles. The first-order valence-electron chi connectivity index (χ1n) is 3.66. The fraction of sp³-hybridized carbons (Fsp3) is 0.500. The topological polar surface area (TPSA) is 25.8 Å². The molecular formula is C8H13FN2. The van der Waals surface area contributed by atoms with Crippen LogP contribution in [-0.2, 0) is 0 Å². The summed E-state index contributed by atoms with van der Waals surface area (Å²) in [4.78, 5) is 7.44. The summed E-state index contributed by atoms with van der Waals surface area (Å²) in [5.41, 5.74) is 0.405. The average Bonchev–Trinajstić information content (AvgIpc) is 2.02. The van der Waals surface area contributed by atoms with Crippen LogP contribution in [-0.4, -0.2) is 9.97 Å². The first-order valence-corrected chi connectivity index (χ1v) is 3.66. The van der Waals surface area contributed by atoms with Crippen molar-refractivity contribution in [3.63, 3.8) is 0 Å². The Morgan fingerprint density at radius 3 is 2.18 bits per heavy atom. The van der Waals surface area contributed by atoms with Crippen LogP contribution in [0.3, 0.4) is 0 Å². The van der Waals surface area contributed by atoms with Gasteiger partial charge >= 0.3 is 0 Å². The molecule has 0 saturated carbocycles. The summed E-state index contributed by atoms with van der Waals surface area (Å²) < 4.78 is 12.4. The molecule has 62 valence electrons. The molecule has 0 fully saturated rings. The zero-order valence-corrected chi connectivity index (χ0v) is 7.35. The van der Waals surface area contributed by atoms with Crippen LogP contribution in [0.2, 0.25) is 0 Å². The van der Waals surface area contributed by atoms with E-state index in [0.717, 1.165) is 0 Å². The van der Waals surface area contributed by atoms with E-state index in [0.29, 0.717) is 11.5 Å². The van der Waals surface area contributed by atoms with Gasteiger partial charge in [-0.25, -0.2) is 14.4 Å². The SMILES string of the molecule is CC.Cc1ncc(F)c(C)n1. The Bertz CT molecular complexity index is 223. The first kappa shape index (κ1) is 10.0. The molecule has 0 amide bonds. The monoisotopic (exact) mass is 156 g/mol. The Hall–Kier alpha value is -0.990. The van der Waals surface area contributed by atoms with Crippen LogP contribution in [0.1, 0.15) is 25.4 Å². The lowest BCUT2D eigenvalue weighted by atomic mass is 10.4. The molecule has 1 aromatic rings. The minimum atomic E-state index is -0.347. The molecule has 0 atom stereocenters. The molecule has 0 radical (unpaired) electrons. The maximum atomic E-state index is 12.4. The lowest BCUT2D eigenvalue weighted by Crippen LogP contribution is -1.93. The second kappa shape index (κ2) is 4.77. The number of hydrogen-bond acceptors (Lipinski definition) is 2. The van der Waals surface area contributed by atoms with E-state index in [1.165, 1.54) is 6.20 Å². The van der Waals surface area contributed by atoms with Gasteiger partial charge in [0.15, 0.2) is 5.82 Å². The smallest absolute Gasteiger partial charge is 0.162 e. The van der Waals surface area contributed by atoms with Gasteiger partial charge in [0.25, 0.3) is 0 Å². The van der Waals surface area contributed by atoms with Gasteiger partial charge in [0.2, 0.25) is 0 Å². The maximum Gasteiger partial charge on any atom is 0.162 e. The molecule has 1 heterocycles. The number of halogens is 1. The molecular weight excluding hydrogens is 143 g/mol. The Kier molecular flexibility index (Phi) is 4.34. The summed E-state index contributed by atoms with van der Waals surface area (Å²) in [7, 11) is 0. The van der Waals surface area contributed by atoms with Crippen LogP contribution in [0.25, 0.3) is 0 Å². The molecule has 0 aliphatic rings. The fourth-order valence-electron chi connectivity index (χ4n) is 0.568. The second-order valence-electron chi connectivity index (χ2n) is 1.85. The molecule has 0 N–H and O–H groups in total. The van der Waals surface area contributed by atoms with Crippen molar-refractivity contribution in [2.24, 2.45) is 0 Å². The summed E-state index contributed by atoms with van der Waals surface area (Å²) in [6.07, 6.45) is 1.18. The van der Waals surface area contributed by atoms with E-state index in [9.17, 15) is 4.39 Å². The quantitative estimate of drug-likeness (QED) is 0.575. The van der Waals surface area contributed by atoms with Crippen LogP contribution in [0.15, 0.2) is 6.20 Å². The van der Waals surface area contributed by atoms with E-state index < -0.39 is 0 Å². The van der Waals surface area contributed by atoms with E-state index in [1.54, 1.807) is 13.8 Å². The molecule has 0 aliphatic heterocycles. The highest BCUT2D eigenvalue weighted by Crippen LogP contribution is 1.98. The molecule has 2 nitrogen and oxygen atoms in total. The Balaban J connectivity index is 0.000000461. The van der Waals surface area contributed by atoms with Crippen LogP contribution in [0, 0.1) is 19.7 Å². The molecule has 1 rings (SSSR count). The van der Waals surface area contributed by atoms with Crippen molar-refractivity contribution in [2.45, 2.75) is 27.7 Å². The zero-order valence-electron chi connectivity index (χ0n) is 7.35. The lowest BCUT2D eigenvalue weighted by Gasteiger charge is -1.93. The Labute approximate surface area is 66.5 Å². The maximum absolute atomic E-state index is 12.4. The number of rotatable bonds is 0. The summed E-state index contributed by atoms with van der Waals surface area (Å²) in [6.45, 7) is 7.34. The van der Waals surface area contributed by atoms with Crippen LogP contribution in [0.5, 0.6) is 0 Å². The summed E-state index contributed by atoms with van der Waals surface area (Å²) in [5.74, 6) is 0.259. The number of nitrogens with zero attached hydrogens (tertiary/aromatic N) is 2. The van der Waals surface area contributed by atoms with E-state index in [-0.39, 0.29) is 5.82 Å². The third-order valence-electron chi connectivity index (χ3n) is 1.04. The first-order chi connectivity index (χ1) is 5.20. The third kappa shape index (κ3) is 3.07. The van der Waals surface area contributed by atoms with Crippen molar-refractivity contribution >= 4 is 0 Å². The van der Waals surface area contributed by atoms with E-state index in [2.05, 4.69) is 9.97 Å². The normalized spacial score (nSPS) is 8.45. The molecule has 11 heavy (non-hydrogen) atoms. The standard InChI is InChI=1S/C6H7FN2.C2H6/c1-4-6(7)3-8-5(2)9-4;1-2/h3H,1-2H3;1-2H3. The van der Waals surface area contributed by atoms with Gasteiger partial charge in [-0.1, -0.05) is 13.8 Å². The van der Waals surface area contributed by atoms with Gasteiger partial charge < -0.3 is 0 Å². The second-order valence-corrected chi connectivity index (χ2v) is 1.85. The van der Waals surface area contributed by atoms with Crippen molar-refractivity contribution in [1.29, 1.82) is 0 Å². The number of aryl methyl sites for hydroxylation is 2. The molecule has 0 aliphatic carbocycles. The molecule has 1 aromatic heterocycles. The predicted octanol–water partition coefficient (Wildman–Crippen LogP) is 2.26. The number of aromatic nitrogens is 2. The van der Waals surface area contributed by atoms with E-state index >= 15 is 0 Å². The van der Waals surface area contributed by atoms with Gasteiger partial charge in [0.05, 0.1) is 11.9 Å². The van der Waals surface area contributed by atoms with Gasteiger partial charge in [0.1, 0.15) is 5.82 Å². The molecule has 0 bridgehead atoms. The molecule has 0 spiro atoms. The average molecular weight is 156 g/mol. The van der Waals surface area contributed by atoms with Crippen molar-refractivity contribution in [3.8, 4) is 0 Å². The fourth-order valence-corrected chi connectivity index (χ4v) is 0.568.